The zero-order valence-electron chi connectivity index (χ0n) is 26.8. The van der Waals surface area contributed by atoms with Crippen LogP contribution < -0.4 is 4.57 Å². The molecule has 0 atom stereocenters. The molecule has 0 amide bonds. The summed E-state index contributed by atoms with van der Waals surface area (Å²) in [5.74, 6) is 0.578. The monoisotopic (exact) mass is 746 g/mol. The molecular formula is C39H43IrN3+. The number of imidazole rings is 1. The van der Waals surface area contributed by atoms with Crippen molar-refractivity contribution >= 4 is 11.0 Å². The van der Waals surface area contributed by atoms with Crippen molar-refractivity contribution in [1.82, 2.24) is 9.55 Å². The second-order valence-corrected chi connectivity index (χ2v) is 14.3. The van der Waals surface area contributed by atoms with E-state index in [1.807, 2.05) is 42.5 Å². The van der Waals surface area contributed by atoms with Gasteiger partial charge in [-0.05, 0) is 34.9 Å². The van der Waals surface area contributed by atoms with Crippen LogP contribution in [0.1, 0.15) is 90.5 Å². The Labute approximate surface area is 271 Å². The van der Waals surface area contributed by atoms with Gasteiger partial charge in [0.1, 0.15) is 0 Å². The van der Waals surface area contributed by atoms with Crippen LogP contribution in [-0.4, -0.2) is 9.55 Å². The number of pyridine rings is 1. The van der Waals surface area contributed by atoms with Gasteiger partial charge in [-0.15, -0.1) is 52.6 Å². The molecule has 3 aromatic carbocycles. The molecule has 7 rings (SSSR count). The van der Waals surface area contributed by atoms with Gasteiger partial charge in [-0.2, -0.15) is 12.1 Å². The fourth-order valence-corrected chi connectivity index (χ4v) is 7.03. The van der Waals surface area contributed by atoms with Crippen LogP contribution in [0.3, 0.4) is 0 Å². The maximum atomic E-state index is 4.22. The van der Waals surface area contributed by atoms with Gasteiger partial charge in [0.05, 0.1) is 17.6 Å². The van der Waals surface area contributed by atoms with Crippen molar-refractivity contribution < 1.29 is 24.7 Å². The fourth-order valence-electron chi connectivity index (χ4n) is 7.03. The molecule has 2 aromatic heterocycles. The van der Waals surface area contributed by atoms with Crippen molar-refractivity contribution in [1.29, 1.82) is 0 Å². The minimum absolute atomic E-state index is 0. The predicted octanol–water partition coefficient (Wildman–Crippen LogP) is 8.71. The van der Waals surface area contributed by atoms with Crippen LogP contribution in [-0.2, 0) is 42.9 Å². The van der Waals surface area contributed by atoms with Gasteiger partial charge in [0.25, 0.3) is 0 Å². The molecule has 0 saturated heterocycles. The summed E-state index contributed by atoms with van der Waals surface area (Å²) in [7, 11) is 0. The molecule has 222 valence electrons. The van der Waals surface area contributed by atoms with Crippen LogP contribution in [0.5, 0.6) is 0 Å². The van der Waals surface area contributed by atoms with Gasteiger partial charge in [-0.25, -0.2) is 0 Å². The van der Waals surface area contributed by atoms with Crippen molar-refractivity contribution in [3.05, 3.63) is 114 Å². The molecule has 4 heteroatoms. The van der Waals surface area contributed by atoms with E-state index in [9.17, 15) is 0 Å². The number of para-hydroxylation sites is 1. The van der Waals surface area contributed by atoms with Crippen LogP contribution >= 0.6 is 0 Å². The number of nitrogens with zero attached hydrogens (tertiary/aromatic N) is 3. The van der Waals surface area contributed by atoms with E-state index in [4.69, 9.17) is 0 Å². The predicted molar refractivity (Wildman–Crippen MR) is 172 cm³/mol. The molecule has 3 heterocycles. The van der Waals surface area contributed by atoms with Crippen molar-refractivity contribution in [2.75, 3.05) is 0 Å². The van der Waals surface area contributed by atoms with Crippen LogP contribution in [0.4, 0.5) is 0 Å². The maximum Gasteiger partial charge on any atom is 3.00 e. The second kappa shape index (κ2) is 11.5. The van der Waals surface area contributed by atoms with Gasteiger partial charge in [0.2, 0.25) is 6.33 Å². The third-order valence-corrected chi connectivity index (χ3v) is 9.36. The quantitative estimate of drug-likeness (QED) is 0.134. The first-order valence-corrected chi connectivity index (χ1v) is 15.4. The summed E-state index contributed by atoms with van der Waals surface area (Å²) in [6, 6.07) is 29.7. The smallest absolute Gasteiger partial charge is 0.341 e. The Hall–Kier alpha value is -3.07. The molecule has 1 aliphatic heterocycles. The Morgan fingerprint density at radius 2 is 1.58 bits per heavy atom. The summed E-state index contributed by atoms with van der Waals surface area (Å²) in [4.78, 5) is 4.22. The summed E-state index contributed by atoms with van der Waals surface area (Å²) in [6.07, 6.45) is 7.95. The molecule has 0 radical (unpaired) electrons. The number of hydrogen-bond donors (Lipinski definition) is 0. The van der Waals surface area contributed by atoms with Crippen LogP contribution in [0, 0.1) is 24.4 Å². The minimum atomic E-state index is -0.0702. The molecule has 0 fully saturated rings. The van der Waals surface area contributed by atoms with Crippen molar-refractivity contribution in [2.24, 2.45) is 5.92 Å². The number of rotatable bonds is 3. The van der Waals surface area contributed by atoms with E-state index in [0.717, 1.165) is 17.8 Å². The Kier molecular flexibility index (Phi) is 8.35. The van der Waals surface area contributed by atoms with Gasteiger partial charge < -0.3 is 14.1 Å². The molecule has 2 aliphatic rings. The first kappa shape index (κ1) is 31.4. The molecule has 0 N–H and O–H groups in total. The zero-order chi connectivity index (χ0) is 29.9. The third kappa shape index (κ3) is 5.42. The van der Waals surface area contributed by atoms with E-state index < -0.39 is 0 Å². The number of aromatic nitrogens is 3. The van der Waals surface area contributed by atoms with E-state index in [1.165, 1.54) is 46.3 Å². The Bertz CT molecular complexity index is 1710. The van der Waals surface area contributed by atoms with Crippen LogP contribution in [0.25, 0.3) is 28.0 Å². The Balaban J connectivity index is 0.000000238. The average molecular weight is 746 g/mol. The molecule has 5 aromatic rings. The van der Waals surface area contributed by atoms with Gasteiger partial charge >= 0.3 is 20.1 Å². The normalized spacial score (nSPS) is 16.9. The van der Waals surface area contributed by atoms with Gasteiger partial charge in [0.15, 0.2) is 0 Å². The average Bonchev–Trinajstić information content (AvgIpc) is 3.33. The van der Waals surface area contributed by atoms with E-state index in [1.54, 1.807) is 11.8 Å². The second-order valence-electron chi connectivity index (χ2n) is 14.3. The first-order valence-electron chi connectivity index (χ1n) is 15.4. The number of fused-ring (bicyclic) bond motifs is 4. The van der Waals surface area contributed by atoms with Crippen molar-refractivity contribution in [3.8, 4) is 16.9 Å². The van der Waals surface area contributed by atoms with Crippen molar-refractivity contribution in [2.45, 2.75) is 91.0 Å². The standard InChI is InChI=1S/C28H35N2.C11H8N.Ir/c1-18(2)16-29-17-30-21-13-12-19-23(27(5,6)15-14-26(19,3)4)24(21)28(7,8)20-10-9-11-22(29)25(20)30;1-2-6-10(7-3-1)11-8-4-5-9-12-11;/h9-12,18H,14-16H2,1-8H3;1-6,8-9H;/q2*-1;+3. The Morgan fingerprint density at radius 1 is 0.837 bits per heavy atom. The SMILES string of the molecule is CC(C)Cn1[c-][n+]2c3c(cccc31)C(C)(C)c1c-2[c-]cc2c1C(C)(C)CCC2(C)C.[Ir+3].[c-]1ccccc1-c1ccccn1. The van der Waals surface area contributed by atoms with E-state index >= 15 is 0 Å². The molecule has 43 heavy (non-hydrogen) atoms. The third-order valence-electron chi connectivity index (χ3n) is 9.36. The molecule has 0 saturated carbocycles. The minimum Gasteiger partial charge on any atom is -0.341 e. The summed E-state index contributed by atoms with van der Waals surface area (Å²) in [5, 5.41) is 0. The van der Waals surface area contributed by atoms with E-state index in [0.29, 0.717) is 5.92 Å². The molecule has 3 nitrogen and oxygen atoms in total. The summed E-state index contributed by atoms with van der Waals surface area (Å²) < 4.78 is 4.63. The van der Waals surface area contributed by atoms with Gasteiger partial charge in [0, 0.05) is 6.20 Å². The summed E-state index contributed by atoms with van der Waals surface area (Å²) in [5.41, 5.74) is 12.0. The molecule has 0 unspecified atom stereocenters. The van der Waals surface area contributed by atoms with Crippen LogP contribution in [0.2, 0.25) is 0 Å². The maximum absolute atomic E-state index is 4.22. The number of hydrogen-bond acceptors (Lipinski definition) is 1. The van der Waals surface area contributed by atoms with E-state index in [2.05, 4.69) is 112 Å². The van der Waals surface area contributed by atoms with Gasteiger partial charge in [-0.1, -0.05) is 109 Å². The summed E-state index contributed by atoms with van der Waals surface area (Å²) in [6.45, 7) is 20.0. The Morgan fingerprint density at radius 3 is 2.26 bits per heavy atom. The molecule has 1 aliphatic carbocycles. The van der Waals surface area contributed by atoms with Crippen LogP contribution in [0.15, 0.2) is 72.9 Å². The topological polar surface area (TPSA) is 21.7 Å². The fraction of sp³-hybridized carbons (Fsp3) is 0.385. The molecular weight excluding hydrogens is 703 g/mol. The van der Waals surface area contributed by atoms with Gasteiger partial charge in [-0.3, -0.25) is 0 Å². The summed E-state index contributed by atoms with van der Waals surface area (Å²) >= 11 is 0. The first-order chi connectivity index (χ1) is 19.9. The van der Waals surface area contributed by atoms with Crippen molar-refractivity contribution in [3.63, 3.8) is 0 Å². The largest absolute Gasteiger partial charge is 3.00 e. The number of benzene rings is 3. The zero-order valence-corrected chi connectivity index (χ0v) is 29.2. The van der Waals surface area contributed by atoms with E-state index in [-0.39, 0.29) is 36.4 Å². The molecule has 0 spiro atoms. The molecule has 0 bridgehead atoms.